The van der Waals surface area contributed by atoms with Gasteiger partial charge >= 0.3 is 5.97 Å². The Bertz CT molecular complexity index is 674. The molecule has 18 heavy (non-hydrogen) atoms. The van der Waals surface area contributed by atoms with E-state index in [9.17, 15) is 13.2 Å². The molecule has 1 heterocycles. The molecule has 1 aliphatic rings. The average molecular weight is 266 g/mol. The van der Waals surface area contributed by atoms with Crippen molar-refractivity contribution in [2.45, 2.75) is 6.92 Å². The molecular formula is C11H10N2O4S. The Morgan fingerprint density at radius 2 is 2.11 bits per heavy atom. The van der Waals surface area contributed by atoms with Gasteiger partial charge in [0.1, 0.15) is 11.6 Å². The summed E-state index contributed by atoms with van der Waals surface area (Å²) in [6.45, 7) is 1.82. The number of sulfonamides is 1. The fourth-order valence-electron chi connectivity index (χ4n) is 1.42. The first-order chi connectivity index (χ1) is 8.38. The van der Waals surface area contributed by atoms with Gasteiger partial charge in [-0.15, -0.1) is 4.40 Å². The zero-order chi connectivity index (χ0) is 13.3. The van der Waals surface area contributed by atoms with E-state index in [0.717, 1.165) is 11.6 Å². The number of benzene rings is 1. The summed E-state index contributed by atoms with van der Waals surface area (Å²) in [6, 6.07) is 6.69. The molecule has 0 amide bonds. The van der Waals surface area contributed by atoms with Crippen LogP contribution < -0.4 is 10.5 Å². The SMILES string of the molecule is Cc1cccc(OC(=O)C2=CC(N)=NS2(=O)=O)c1. The van der Waals surface area contributed by atoms with Crippen LogP contribution >= 0.6 is 0 Å². The number of aryl methyl sites for hydroxylation is 1. The summed E-state index contributed by atoms with van der Waals surface area (Å²) in [5, 5.41) is 0. The van der Waals surface area contributed by atoms with Gasteiger partial charge in [0.15, 0.2) is 4.91 Å². The van der Waals surface area contributed by atoms with E-state index in [2.05, 4.69) is 4.40 Å². The van der Waals surface area contributed by atoms with Gasteiger partial charge in [0.05, 0.1) is 0 Å². The Balaban J connectivity index is 2.23. The van der Waals surface area contributed by atoms with Crippen molar-refractivity contribution in [3.8, 4) is 5.75 Å². The van der Waals surface area contributed by atoms with Crippen LogP contribution in [0.25, 0.3) is 0 Å². The van der Waals surface area contributed by atoms with Crippen molar-refractivity contribution in [3.63, 3.8) is 0 Å². The predicted molar refractivity (Wildman–Crippen MR) is 65.4 cm³/mol. The summed E-state index contributed by atoms with van der Waals surface area (Å²) in [5.41, 5.74) is 6.13. The lowest BCUT2D eigenvalue weighted by Crippen LogP contribution is -2.15. The van der Waals surface area contributed by atoms with Crippen molar-refractivity contribution >= 4 is 21.8 Å². The van der Waals surface area contributed by atoms with Gasteiger partial charge in [0.2, 0.25) is 0 Å². The van der Waals surface area contributed by atoms with Crippen LogP contribution in [-0.4, -0.2) is 20.2 Å². The number of amidine groups is 1. The molecule has 0 unspecified atom stereocenters. The maximum absolute atomic E-state index is 11.7. The van der Waals surface area contributed by atoms with Crippen molar-refractivity contribution in [3.05, 3.63) is 40.8 Å². The highest BCUT2D eigenvalue weighted by Crippen LogP contribution is 2.20. The van der Waals surface area contributed by atoms with Gasteiger partial charge < -0.3 is 10.5 Å². The third-order valence-corrected chi connectivity index (χ3v) is 3.48. The topological polar surface area (TPSA) is 98.8 Å². The third kappa shape index (κ3) is 2.40. The minimum Gasteiger partial charge on any atom is -0.422 e. The van der Waals surface area contributed by atoms with Crippen LogP contribution in [0.1, 0.15) is 5.56 Å². The van der Waals surface area contributed by atoms with Gasteiger partial charge in [0.25, 0.3) is 10.0 Å². The second-order valence-electron chi connectivity index (χ2n) is 3.71. The minimum absolute atomic E-state index is 0.230. The summed E-state index contributed by atoms with van der Waals surface area (Å²) in [6.07, 6.45) is 0.980. The average Bonchev–Trinajstić information content (AvgIpc) is 2.51. The van der Waals surface area contributed by atoms with E-state index >= 15 is 0 Å². The quantitative estimate of drug-likeness (QED) is 0.620. The van der Waals surface area contributed by atoms with Crippen LogP contribution in [0.4, 0.5) is 0 Å². The number of hydrogen-bond acceptors (Lipinski definition) is 5. The molecule has 1 aromatic rings. The molecule has 1 aromatic carbocycles. The van der Waals surface area contributed by atoms with Gasteiger partial charge in [-0.3, -0.25) is 0 Å². The van der Waals surface area contributed by atoms with Crippen molar-refractivity contribution in [2.24, 2.45) is 10.1 Å². The molecule has 2 rings (SSSR count). The molecule has 6 nitrogen and oxygen atoms in total. The minimum atomic E-state index is -4.02. The van der Waals surface area contributed by atoms with Crippen LogP contribution in [0.2, 0.25) is 0 Å². The maximum Gasteiger partial charge on any atom is 0.357 e. The first kappa shape index (κ1) is 12.3. The highest BCUT2D eigenvalue weighted by Gasteiger charge is 2.31. The molecule has 0 atom stereocenters. The number of nitrogens with two attached hydrogens (primary N) is 1. The van der Waals surface area contributed by atoms with Crippen molar-refractivity contribution < 1.29 is 17.9 Å². The molecule has 7 heteroatoms. The zero-order valence-electron chi connectivity index (χ0n) is 9.45. The molecule has 0 fully saturated rings. The molecule has 0 aliphatic carbocycles. The van der Waals surface area contributed by atoms with Crippen LogP contribution in [0.15, 0.2) is 39.6 Å². The first-order valence-electron chi connectivity index (χ1n) is 4.99. The van der Waals surface area contributed by atoms with E-state index in [0.29, 0.717) is 0 Å². The van der Waals surface area contributed by atoms with Crippen LogP contribution in [0, 0.1) is 6.92 Å². The molecule has 0 saturated heterocycles. The number of hydrogen-bond donors (Lipinski definition) is 1. The molecule has 0 bridgehead atoms. The van der Waals surface area contributed by atoms with Gasteiger partial charge in [-0.1, -0.05) is 12.1 Å². The summed E-state index contributed by atoms with van der Waals surface area (Å²) in [4.78, 5) is 11.1. The number of carbonyl (C=O) groups is 1. The normalized spacial score (nSPS) is 16.9. The van der Waals surface area contributed by atoms with E-state index in [1.807, 2.05) is 13.0 Å². The van der Waals surface area contributed by atoms with E-state index in [-0.39, 0.29) is 11.6 Å². The second-order valence-corrected chi connectivity index (χ2v) is 5.28. The molecule has 2 N–H and O–H groups in total. The molecule has 0 aromatic heterocycles. The number of rotatable bonds is 2. The number of esters is 1. The Morgan fingerprint density at radius 1 is 1.39 bits per heavy atom. The largest absolute Gasteiger partial charge is 0.422 e. The zero-order valence-corrected chi connectivity index (χ0v) is 10.3. The summed E-state index contributed by atoms with van der Waals surface area (Å²) in [5.74, 6) is -0.961. The van der Waals surface area contributed by atoms with Crippen molar-refractivity contribution in [2.75, 3.05) is 0 Å². The summed E-state index contributed by atoms with van der Waals surface area (Å²) >= 11 is 0. The lowest BCUT2D eigenvalue weighted by molar-refractivity contribution is -0.129. The van der Waals surface area contributed by atoms with Crippen LogP contribution in [0.5, 0.6) is 5.75 Å². The van der Waals surface area contributed by atoms with Crippen LogP contribution in [-0.2, 0) is 14.8 Å². The Labute approximate surface area is 104 Å². The van der Waals surface area contributed by atoms with Gasteiger partial charge in [0, 0.05) is 6.08 Å². The fourth-order valence-corrected chi connectivity index (χ4v) is 2.37. The summed E-state index contributed by atoms with van der Waals surface area (Å²) in [7, 11) is -4.02. The highest BCUT2D eigenvalue weighted by molar-refractivity contribution is 7.95. The highest BCUT2D eigenvalue weighted by atomic mass is 32.2. The van der Waals surface area contributed by atoms with Gasteiger partial charge in [-0.2, -0.15) is 8.42 Å². The Hall–Kier alpha value is -2.15. The van der Waals surface area contributed by atoms with Gasteiger partial charge in [-0.05, 0) is 24.6 Å². The lowest BCUT2D eigenvalue weighted by Gasteiger charge is -2.04. The first-order valence-corrected chi connectivity index (χ1v) is 6.43. The Morgan fingerprint density at radius 3 is 2.67 bits per heavy atom. The molecule has 0 saturated carbocycles. The van der Waals surface area contributed by atoms with E-state index in [4.69, 9.17) is 10.5 Å². The predicted octanol–water partition coefficient (Wildman–Crippen LogP) is 0.485. The Kier molecular flexibility index (Phi) is 2.92. The summed E-state index contributed by atoms with van der Waals surface area (Å²) < 4.78 is 31.0. The van der Waals surface area contributed by atoms with E-state index in [1.165, 1.54) is 0 Å². The van der Waals surface area contributed by atoms with Crippen LogP contribution in [0.3, 0.4) is 0 Å². The second kappa shape index (κ2) is 4.26. The van der Waals surface area contributed by atoms with Gasteiger partial charge in [-0.25, -0.2) is 4.79 Å². The van der Waals surface area contributed by atoms with Crippen molar-refractivity contribution in [1.29, 1.82) is 0 Å². The standard InChI is InChI=1S/C11H10N2O4S/c1-7-3-2-4-8(5-7)17-11(14)9-6-10(12)13-18(9,15)16/h2-6H,1H3,(H2,12,13). The number of nitrogens with zero attached hydrogens (tertiary/aromatic N) is 1. The smallest absolute Gasteiger partial charge is 0.357 e. The molecule has 94 valence electrons. The molecule has 1 aliphatic heterocycles. The number of ether oxygens (including phenoxy) is 1. The van der Waals surface area contributed by atoms with Crippen molar-refractivity contribution in [1.82, 2.24) is 0 Å². The monoisotopic (exact) mass is 266 g/mol. The van der Waals surface area contributed by atoms with E-state index in [1.54, 1.807) is 18.2 Å². The lowest BCUT2D eigenvalue weighted by atomic mass is 10.2. The number of carbonyl (C=O) groups excluding carboxylic acids is 1. The molecular weight excluding hydrogens is 256 g/mol. The maximum atomic E-state index is 11.7. The van der Waals surface area contributed by atoms with E-state index < -0.39 is 20.9 Å². The fraction of sp³-hybridized carbons (Fsp3) is 0.0909. The molecule has 0 radical (unpaired) electrons. The molecule has 0 spiro atoms. The third-order valence-electron chi connectivity index (χ3n) is 2.18.